The third-order valence-electron chi connectivity index (χ3n) is 4.27. The Morgan fingerprint density at radius 1 is 1.11 bits per heavy atom. The molecule has 27 heavy (non-hydrogen) atoms. The molecule has 2 heterocycles. The van der Waals surface area contributed by atoms with Crippen molar-refractivity contribution in [2.45, 2.75) is 27.7 Å². The number of nitrogens with zero attached hydrogens (tertiary/aromatic N) is 2. The van der Waals surface area contributed by atoms with E-state index in [-0.39, 0.29) is 11.8 Å². The molecule has 7 nitrogen and oxygen atoms in total. The summed E-state index contributed by atoms with van der Waals surface area (Å²) in [6.07, 6.45) is 1.50. The molecule has 0 spiro atoms. The van der Waals surface area contributed by atoms with Crippen LogP contribution < -0.4 is 10.6 Å². The second kappa shape index (κ2) is 7.57. The Morgan fingerprint density at radius 3 is 2.59 bits per heavy atom. The van der Waals surface area contributed by atoms with Crippen LogP contribution in [0.1, 0.15) is 45.8 Å². The van der Waals surface area contributed by atoms with E-state index in [1.807, 2.05) is 27.7 Å². The number of carbonyl (C=O) groups is 2. The lowest BCUT2D eigenvalue weighted by Crippen LogP contribution is -2.27. The summed E-state index contributed by atoms with van der Waals surface area (Å²) in [5.74, 6) is 0.0123. The van der Waals surface area contributed by atoms with Crippen molar-refractivity contribution in [3.8, 4) is 0 Å². The summed E-state index contributed by atoms with van der Waals surface area (Å²) >= 11 is 0. The number of amides is 2. The lowest BCUT2D eigenvalue weighted by Gasteiger charge is -2.11. The number of carbonyl (C=O) groups excluding carboxylic acids is 2. The van der Waals surface area contributed by atoms with Gasteiger partial charge in [0.1, 0.15) is 0 Å². The van der Waals surface area contributed by atoms with Gasteiger partial charge in [-0.3, -0.25) is 14.7 Å². The van der Waals surface area contributed by atoms with Gasteiger partial charge in [0, 0.05) is 35.1 Å². The van der Waals surface area contributed by atoms with Gasteiger partial charge in [0.05, 0.1) is 5.56 Å². The van der Waals surface area contributed by atoms with Crippen LogP contribution in [-0.2, 0) is 0 Å². The Labute approximate surface area is 157 Å². The number of benzene rings is 1. The Bertz CT molecular complexity index is 1010. The molecule has 2 aromatic heterocycles. The monoisotopic (exact) mass is 365 g/mol. The number of aryl methyl sites for hydroxylation is 2. The molecule has 0 unspecified atom stereocenters. The molecule has 0 saturated carbocycles. The van der Waals surface area contributed by atoms with Gasteiger partial charge in [0.2, 0.25) is 0 Å². The first kappa shape index (κ1) is 18.6. The van der Waals surface area contributed by atoms with Crippen molar-refractivity contribution in [3.63, 3.8) is 0 Å². The fourth-order valence-electron chi connectivity index (χ4n) is 2.68. The summed E-state index contributed by atoms with van der Waals surface area (Å²) in [6.45, 7) is 8.45. The molecule has 140 valence electrons. The average molecular weight is 365 g/mol. The van der Waals surface area contributed by atoms with Crippen LogP contribution in [0, 0.1) is 19.8 Å². The zero-order chi connectivity index (χ0) is 19.6. The number of nitrogens with one attached hydrogen (secondary N) is 3. The fourth-order valence-corrected chi connectivity index (χ4v) is 2.68. The molecule has 0 fully saturated rings. The highest BCUT2D eigenvalue weighted by Gasteiger charge is 2.13. The number of aromatic nitrogens is 3. The Morgan fingerprint density at radius 2 is 1.89 bits per heavy atom. The van der Waals surface area contributed by atoms with Gasteiger partial charge in [-0.1, -0.05) is 13.8 Å². The summed E-state index contributed by atoms with van der Waals surface area (Å²) in [5.41, 5.74) is 3.93. The normalized spacial score (nSPS) is 11.0. The molecular weight excluding hydrogens is 342 g/mol. The Balaban J connectivity index is 1.75. The number of fused-ring (bicyclic) bond motifs is 1. The van der Waals surface area contributed by atoms with Gasteiger partial charge in [-0.05, 0) is 49.6 Å². The van der Waals surface area contributed by atoms with Gasteiger partial charge in [0.25, 0.3) is 11.8 Å². The molecule has 0 saturated heterocycles. The lowest BCUT2D eigenvalue weighted by atomic mass is 10.1. The van der Waals surface area contributed by atoms with Crippen molar-refractivity contribution in [2.75, 3.05) is 11.9 Å². The molecule has 1 aromatic carbocycles. The predicted octanol–water partition coefficient (Wildman–Crippen LogP) is 3.21. The van der Waals surface area contributed by atoms with Crippen LogP contribution in [0.15, 0.2) is 30.5 Å². The van der Waals surface area contributed by atoms with Crippen molar-refractivity contribution in [3.05, 3.63) is 52.8 Å². The second-order valence-corrected chi connectivity index (χ2v) is 7.03. The van der Waals surface area contributed by atoms with Crippen molar-refractivity contribution in [2.24, 2.45) is 5.92 Å². The van der Waals surface area contributed by atoms with E-state index in [4.69, 9.17) is 0 Å². The third kappa shape index (κ3) is 4.13. The maximum atomic E-state index is 12.6. The zero-order valence-electron chi connectivity index (χ0n) is 15.9. The van der Waals surface area contributed by atoms with Gasteiger partial charge < -0.3 is 10.6 Å². The first-order valence-corrected chi connectivity index (χ1v) is 8.86. The topological polar surface area (TPSA) is 99.8 Å². The van der Waals surface area contributed by atoms with E-state index in [9.17, 15) is 9.59 Å². The summed E-state index contributed by atoms with van der Waals surface area (Å²) in [5, 5.41) is 13.5. The third-order valence-corrected chi connectivity index (χ3v) is 4.27. The van der Waals surface area contributed by atoms with Crippen molar-refractivity contribution in [1.82, 2.24) is 20.5 Å². The summed E-state index contributed by atoms with van der Waals surface area (Å²) in [6, 6.07) is 6.99. The van der Waals surface area contributed by atoms with Crippen LogP contribution in [0.4, 0.5) is 5.69 Å². The molecule has 7 heteroatoms. The highest BCUT2D eigenvalue weighted by molar-refractivity contribution is 6.06. The number of rotatable bonds is 5. The number of hydrogen-bond acceptors (Lipinski definition) is 4. The summed E-state index contributed by atoms with van der Waals surface area (Å²) in [4.78, 5) is 29.0. The Kier molecular flexibility index (Phi) is 5.21. The first-order valence-electron chi connectivity index (χ1n) is 8.86. The van der Waals surface area contributed by atoms with Gasteiger partial charge in [-0.2, -0.15) is 5.10 Å². The van der Waals surface area contributed by atoms with E-state index in [0.29, 0.717) is 34.9 Å². The van der Waals surface area contributed by atoms with E-state index < -0.39 is 0 Å². The summed E-state index contributed by atoms with van der Waals surface area (Å²) in [7, 11) is 0. The smallest absolute Gasteiger partial charge is 0.257 e. The number of H-pyrrole nitrogens is 1. The van der Waals surface area contributed by atoms with Crippen molar-refractivity contribution in [1.29, 1.82) is 0 Å². The molecule has 0 aliphatic heterocycles. The highest BCUT2D eigenvalue weighted by atomic mass is 16.2. The molecule has 0 aliphatic carbocycles. The number of pyridine rings is 1. The molecule has 0 atom stereocenters. The molecule has 0 bridgehead atoms. The lowest BCUT2D eigenvalue weighted by molar-refractivity contribution is 0.0948. The maximum Gasteiger partial charge on any atom is 0.257 e. The van der Waals surface area contributed by atoms with Crippen LogP contribution in [0.5, 0.6) is 0 Å². The van der Waals surface area contributed by atoms with Crippen LogP contribution in [0.3, 0.4) is 0 Å². The Hall–Kier alpha value is -3.22. The SMILES string of the molecule is Cc1cc(C(=O)NCC(C)C)ccc1NC(=O)c1cnc2n[nH]c(C)c2c1. The van der Waals surface area contributed by atoms with Gasteiger partial charge in [0.15, 0.2) is 5.65 Å². The number of hydrogen-bond donors (Lipinski definition) is 3. The molecular formula is C20H23N5O2. The molecule has 0 aliphatic rings. The van der Waals surface area contributed by atoms with Crippen LogP contribution in [0.25, 0.3) is 11.0 Å². The maximum absolute atomic E-state index is 12.6. The quantitative estimate of drug-likeness (QED) is 0.646. The number of anilines is 1. The van der Waals surface area contributed by atoms with E-state index in [2.05, 4.69) is 25.8 Å². The predicted molar refractivity (Wildman–Crippen MR) is 105 cm³/mol. The van der Waals surface area contributed by atoms with Crippen molar-refractivity contribution >= 4 is 28.5 Å². The minimum Gasteiger partial charge on any atom is -0.352 e. The van der Waals surface area contributed by atoms with Crippen LogP contribution in [0.2, 0.25) is 0 Å². The van der Waals surface area contributed by atoms with Gasteiger partial charge in [-0.25, -0.2) is 4.98 Å². The fraction of sp³-hybridized carbons (Fsp3) is 0.300. The van der Waals surface area contributed by atoms with Gasteiger partial charge in [-0.15, -0.1) is 0 Å². The van der Waals surface area contributed by atoms with Gasteiger partial charge >= 0.3 is 0 Å². The van der Waals surface area contributed by atoms with E-state index in [0.717, 1.165) is 16.6 Å². The molecule has 3 aromatic rings. The highest BCUT2D eigenvalue weighted by Crippen LogP contribution is 2.19. The minimum atomic E-state index is -0.259. The second-order valence-electron chi connectivity index (χ2n) is 7.03. The molecule has 0 radical (unpaired) electrons. The van der Waals surface area contributed by atoms with E-state index in [1.165, 1.54) is 6.20 Å². The molecule has 3 N–H and O–H groups in total. The zero-order valence-corrected chi connectivity index (χ0v) is 15.9. The van der Waals surface area contributed by atoms with E-state index in [1.54, 1.807) is 24.3 Å². The van der Waals surface area contributed by atoms with Crippen LogP contribution in [-0.4, -0.2) is 33.5 Å². The minimum absolute atomic E-state index is 0.116. The van der Waals surface area contributed by atoms with E-state index >= 15 is 0 Å². The first-order chi connectivity index (χ1) is 12.8. The van der Waals surface area contributed by atoms with Crippen molar-refractivity contribution < 1.29 is 9.59 Å². The summed E-state index contributed by atoms with van der Waals surface area (Å²) < 4.78 is 0. The molecule has 3 rings (SSSR count). The largest absolute Gasteiger partial charge is 0.352 e. The standard InChI is InChI=1S/C20H23N5O2/c1-11(2)9-22-19(26)14-5-6-17(12(3)7-14)23-20(27)15-8-16-13(4)24-25-18(16)21-10-15/h5-8,10-11H,9H2,1-4H3,(H,22,26)(H,23,27)(H,21,24,25). The van der Waals surface area contributed by atoms with Crippen LogP contribution >= 0.6 is 0 Å². The number of aromatic amines is 1. The molecule has 2 amide bonds. The average Bonchev–Trinajstić information content (AvgIpc) is 3.01.